The second-order valence-electron chi connectivity index (χ2n) is 6.58. The normalized spacial score (nSPS) is 11.3. The van der Waals surface area contributed by atoms with Crippen LogP contribution in [0.25, 0.3) is 38.8 Å². The molecule has 0 saturated carbocycles. The maximum atomic E-state index is 9.65. The van der Waals surface area contributed by atoms with Crippen LogP contribution in [0.3, 0.4) is 0 Å². The lowest BCUT2D eigenvalue weighted by Crippen LogP contribution is -1.98. The number of aromatic nitrogens is 3. The fourth-order valence-electron chi connectivity index (χ4n) is 3.60. The Morgan fingerprint density at radius 1 is 0.778 bits per heavy atom. The minimum atomic E-state index is 0.245. The van der Waals surface area contributed by atoms with Gasteiger partial charge in [0.15, 0.2) is 5.65 Å². The smallest absolute Gasteiger partial charge is 0.164 e. The van der Waals surface area contributed by atoms with Gasteiger partial charge in [0, 0.05) is 10.9 Å². The Morgan fingerprint density at radius 3 is 2.19 bits per heavy atom. The Morgan fingerprint density at radius 2 is 1.44 bits per heavy atom. The Labute approximate surface area is 156 Å². The predicted octanol–water partition coefficient (Wildman–Crippen LogP) is 5.25. The van der Waals surface area contributed by atoms with Crippen molar-refractivity contribution in [2.24, 2.45) is 0 Å². The molecule has 2 heterocycles. The number of fused-ring (bicyclic) bond motifs is 3. The Balaban J connectivity index is 1.91. The molecule has 0 aliphatic carbocycles. The van der Waals surface area contributed by atoms with E-state index in [2.05, 4.69) is 12.1 Å². The molecule has 5 rings (SSSR count). The maximum absolute atomic E-state index is 9.65. The van der Waals surface area contributed by atoms with Crippen molar-refractivity contribution in [3.63, 3.8) is 0 Å². The van der Waals surface area contributed by atoms with E-state index in [0.29, 0.717) is 0 Å². The number of hydrogen-bond acceptors (Lipinski definition) is 3. The van der Waals surface area contributed by atoms with Crippen LogP contribution >= 0.6 is 0 Å². The second-order valence-corrected chi connectivity index (χ2v) is 6.58. The summed E-state index contributed by atoms with van der Waals surface area (Å²) >= 11 is 0. The average Bonchev–Trinajstić information content (AvgIpc) is 3.05. The average molecular weight is 351 g/mol. The summed E-state index contributed by atoms with van der Waals surface area (Å²) in [7, 11) is 0. The first-order chi connectivity index (χ1) is 13.2. The van der Waals surface area contributed by atoms with Crippen LogP contribution in [-0.2, 0) is 0 Å². The first-order valence-corrected chi connectivity index (χ1v) is 8.85. The highest BCUT2D eigenvalue weighted by Crippen LogP contribution is 2.35. The van der Waals surface area contributed by atoms with E-state index < -0.39 is 0 Å². The molecule has 0 fully saturated rings. The van der Waals surface area contributed by atoms with Crippen molar-refractivity contribution in [2.45, 2.75) is 6.92 Å². The SMILES string of the molecule is Cc1nn(-c2ccccc2)c2nc(-c3ccc(O)cc3)c3ccccc3c12. The molecule has 0 radical (unpaired) electrons. The molecule has 0 unspecified atom stereocenters. The molecule has 4 nitrogen and oxygen atoms in total. The van der Waals surface area contributed by atoms with Gasteiger partial charge < -0.3 is 5.11 Å². The van der Waals surface area contributed by atoms with E-state index in [4.69, 9.17) is 10.1 Å². The Bertz CT molecular complexity index is 1270. The lowest BCUT2D eigenvalue weighted by Gasteiger charge is -2.09. The molecule has 0 aliphatic rings. The number of pyridine rings is 1. The van der Waals surface area contributed by atoms with Crippen LogP contribution in [0.15, 0.2) is 78.9 Å². The van der Waals surface area contributed by atoms with Crippen molar-refractivity contribution >= 4 is 21.8 Å². The van der Waals surface area contributed by atoms with Gasteiger partial charge in [-0.25, -0.2) is 9.67 Å². The van der Waals surface area contributed by atoms with Gasteiger partial charge in [-0.15, -0.1) is 0 Å². The standard InChI is InChI=1S/C23H17N3O/c1-15-21-19-9-5-6-10-20(19)22(16-11-13-18(27)14-12-16)24-23(21)26(25-15)17-7-3-2-4-8-17/h2-14,27H,1H3. The van der Waals surface area contributed by atoms with Gasteiger partial charge in [0.05, 0.1) is 22.5 Å². The minimum Gasteiger partial charge on any atom is -0.508 e. The molecule has 0 aliphatic heterocycles. The topological polar surface area (TPSA) is 50.9 Å². The van der Waals surface area contributed by atoms with Crippen molar-refractivity contribution in [3.05, 3.63) is 84.6 Å². The van der Waals surface area contributed by atoms with Gasteiger partial charge >= 0.3 is 0 Å². The Hall–Kier alpha value is -3.66. The van der Waals surface area contributed by atoms with E-state index in [1.54, 1.807) is 12.1 Å². The number of nitrogens with zero attached hydrogens (tertiary/aromatic N) is 3. The van der Waals surface area contributed by atoms with E-state index in [0.717, 1.165) is 44.4 Å². The zero-order valence-corrected chi connectivity index (χ0v) is 14.8. The summed E-state index contributed by atoms with van der Waals surface area (Å²) in [4.78, 5) is 5.02. The van der Waals surface area contributed by atoms with Crippen molar-refractivity contribution in [1.29, 1.82) is 0 Å². The van der Waals surface area contributed by atoms with E-state index in [1.165, 1.54) is 0 Å². The lowest BCUT2D eigenvalue weighted by molar-refractivity contribution is 0.475. The van der Waals surface area contributed by atoms with Crippen LogP contribution < -0.4 is 0 Å². The molecule has 0 amide bonds. The van der Waals surface area contributed by atoms with Gasteiger partial charge in [-0.3, -0.25) is 0 Å². The van der Waals surface area contributed by atoms with E-state index in [9.17, 15) is 5.11 Å². The number of aryl methyl sites for hydroxylation is 1. The van der Waals surface area contributed by atoms with Gasteiger partial charge in [-0.1, -0.05) is 42.5 Å². The molecular weight excluding hydrogens is 334 g/mol. The van der Waals surface area contributed by atoms with Gasteiger partial charge in [0.25, 0.3) is 0 Å². The van der Waals surface area contributed by atoms with Crippen LogP contribution in [0.5, 0.6) is 5.75 Å². The minimum absolute atomic E-state index is 0.245. The summed E-state index contributed by atoms with van der Waals surface area (Å²) in [5.74, 6) is 0.245. The molecule has 0 spiro atoms. The fourth-order valence-corrected chi connectivity index (χ4v) is 3.60. The summed E-state index contributed by atoms with van der Waals surface area (Å²) in [5.41, 5.74) is 4.62. The van der Waals surface area contributed by atoms with Crippen molar-refractivity contribution in [1.82, 2.24) is 14.8 Å². The van der Waals surface area contributed by atoms with Crippen molar-refractivity contribution in [3.8, 4) is 22.7 Å². The molecule has 1 N–H and O–H groups in total. The van der Waals surface area contributed by atoms with Crippen LogP contribution in [0.4, 0.5) is 0 Å². The van der Waals surface area contributed by atoms with Crippen LogP contribution in [0.2, 0.25) is 0 Å². The van der Waals surface area contributed by atoms with E-state index >= 15 is 0 Å². The fraction of sp³-hybridized carbons (Fsp3) is 0.0435. The second kappa shape index (κ2) is 5.95. The first-order valence-electron chi connectivity index (χ1n) is 8.85. The van der Waals surface area contributed by atoms with Crippen LogP contribution in [0.1, 0.15) is 5.69 Å². The quantitative estimate of drug-likeness (QED) is 0.472. The van der Waals surface area contributed by atoms with Crippen molar-refractivity contribution < 1.29 is 5.11 Å². The summed E-state index contributed by atoms with van der Waals surface area (Å²) in [6, 6.07) is 25.5. The largest absolute Gasteiger partial charge is 0.508 e. The van der Waals surface area contributed by atoms with Gasteiger partial charge in [0.2, 0.25) is 0 Å². The number of phenols is 1. The molecule has 3 aromatic carbocycles. The molecular formula is C23H17N3O. The molecule has 4 heteroatoms. The number of phenolic OH excluding ortho intramolecular Hbond substituents is 1. The molecule has 0 saturated heterocycles. The highest BCUT2D eigenvalue weighted by Gasteiger charge is 2.17. The molecule has 5 aromatic rings. The van der Waals surface area contributed by atoms with Gasteiger partial charge in [-0.2, -0.15) is 5.10 Å². The zero-order chi connectivity index (χ0) is 18.4. The summed E-state index contributed by atoms with van der Waals surface area (Å²) in [5, 5.41) is 17.7. The highest BCUT2D eigenvalue weighted by molar-refractivity contribution is 6.11. The highest BCUT2D eigenvalue weighted by atomic mass is 16.3. The summed E-state index contributed by atoms with van der Waals surface area (Å²) < 4.78 is 1.90. The Kier molecular flexibility index (Phi) is 3.44. The maximum Gasteiger partial charge on any atom is 0.164 e. The summed E-state index contributed by atoms with van der Waals surface area (Å²) in [6.45, 7) is 2.02. The van der Waals surface area contributed by atoms with Crippen LogP contribution in [-0.4, -0.2) is 19.9 Å². The molecule has 130 valence electrons. The van der Waals surface area contributed by atoms with Crippen LogP contribution in [0, 0.1) is 6.92 Å². The van der Waals surface area contributed by atoms with Gasteiger partial charge in [-0.05, 0) is 48.7 Å². The third-order valence-electron chi connectivity index (χ3n) is 4.85. The van der Waals surface area contributed by atoms with Crippen molar-refractivity contribution in [2.75, 3.05) is 0 Å². The number of benzene rings is 3. The number of rotatable bonds is 2. The van der Waals surface area contributed by atoms with E-state index in [-0.39, 0.29) is 5.75 Å². The first kappa shape index (κ1) is 15.6. The van der Waals surface area contributed by atoms with E-state index in [1.807, 2.05) is 66.2 Å². The molecule has 0 bridgehead atoms. The summed E-state index contributed by atoms with van der Waals surface area (Å²) in [6.07, 6.45) is 0. The molecule has 2 aromatic heterocycles. The third-order valence-corrected chi connectivity index (χ3v) is 4.85. The molecule has 27 heavy (non-hydrogen) atoms. The monoisotopic (exact) mass is 351 g/mol. The number of para-hydroxylation sites is 1. The molecule has 0 atom stereocenters. The zero-order valence-electron chi connectivity index (χ0n) is 14.8. The number of hydrogen-bond donors (Lipinski definition) is 1. The third kappa shape index (κ3) is 2.46. The van der Waals surface area contributed by atoms with Gasteiger partial charge in [0.1, 0.15) is 5.75 Å². The number of aromatic hydroxyl groups is 1. The lowest BCUT2D eigenvalue weighted by atomic mass is 10.0. The predicted molar refractivity (Wildman–Crippen MR) is 108 cm³/mol.